The number of nitrogens with zero attached hydrogens (tertiary/aromatic N) is 4. The molecule has 0 aliphatic carbocycles. The van der Waals surface area contributed by atoms with Crippen LogP contribution in [-0.4, -0.2) is 57.8 Å². The van der Waals surface area contributed by atoms with Gasteiger partial charge in [-0.05, 0) is 50.6 Å². The maximum atomic E-state index is 10.6. The van der Waals surface area contributed by atoms with Gasteiger partial charge in [0.25, 0.3) is 0 Å². The number of aliphatic hydroxyl groups is 1. The Hall–Kier alpha value is -1.76. The number of aryl methyl sites for hydroxylation is 3. The van der Waals surface area contributed by atoms with Crippen molar-refractivity contribution < 1.29 is 9.63 Å². The molecule has 0 spiro atoms. The van der Waals surface area contributed by atoms with Crippen LogP contribution >= 0.6 is 0 Å². The monoisotopic (exact) mass is 344 g/mol. The van der Waals surface area contributed by atoms with E-state index in [1.165, 1.54) is 11.1 Å². The zero-order valence-electron chi connectivity index (χ0n) is 15.6. The first-order valence-electron chi connectivity index (χ1n) is 8.89. The Morgan fingerprint density at radius 2 is 2.12 bits per heavy atom. The fourth-order valence-corrected chi connectivity index (χ4v) is 3.42. The molecule has 0 saturated carbocycles. The number of aliphatic hydroxyl groups excluding tert-OH is 1. The van der Waals surface area contributed by atoms with Crippen LogP contribution < -0.4 is 0 Å². The van der Waals surface area contributed by atoms with Crippen LogP contribution in [0, 0.1) is 20.8 Å². The van der Waals surface area contributed by atoms with Gasteiger partial charge in [0.2, 0.25) is 5.89 Å². The summed E-state index contributed by atoms with van der Waals surface area (Å²) in [5, 5.41) is 14.5. The Kier molecular flexibility index (Phi) is 5.51. The van der Waals surface area contributed by atoms with Gasteiger partial charge in [-0.1, -0.05) is 23.4 Å². The van der Waals surface area contributed by atoms with Crippen molar-refractivity contribution in [2.45, 2.75) is 45.9 Å². The molecular weight excluding hydrogens is 316 g/mol. The van der Waals surface area contributed by atoms with Crippen molar-refractivity contribution >= 4 is 0 Å². The molecule has 1 aromatic carbocycles. The van der Waals surface area contributed by atoms with E-state index in [2.05, 4.69) is 53.0 Å². The molecule has 6 nitrogen and oxygen atoms in total. The van der Waals surface area contributed by atoms with E-state index in [4.69, 9.17) is 4.52 Å². The molecule has 2 heterocycles. The molecule has 6 heteroatoms. The summed E-state index contributed by atoms with van der Waals surface area (Å²) in [4.78, 5) is 8.88. The van der Waals surface area contributed by atoms with Crippen molar-refractivity contribution in [3.8, 4) is 0 Å². The van der Waals surface area contributed by atoms with Crippen LogP contribution in [0.15, 0.2) is 22.7 Å². The third-order valence-electron chi connectivity index (χ3n) is 5.18. The smallest absolute Gasteiger partial charge is 0.223 e. The van der Waals surface area contributed by atoms with E-state index in [9.17, 15) is 5.11 Å². The Morgan fingerprint density at radius 3 is 2.80 bits per heavy atom. The first-order chi connectivity index (χ1) is 11.9. The average Bonchev–Trinajstić information content (AvgIpc) is 3.19. The summed E-state index contributed by atoms with van der Waals surface area (Å²) in [6.45, 7) is 9.31. The molecule has 0 bridgehead atoms. The molecule has 0 unspecified atom stereocenters. The maximum Gasteiger partial charge on any atom is 0.223 e. The van der Waals surface area contributed by atoms with Crippen molar-refractivity contribution in [1.82, 2.24) is 19.9 Å². The number of hydrogen-bond donors (Lipinski definition) is 1. The molecule has 0 radical (unpaired) electrons. The van der Waals surface area contributed by atoms with Crippen molar-refractivity contribution in [3.05, 3.63) is 46.6 Å². The van der Waals surface area contributed by atoms with Gasteiger partial charge in [0.15, 0.2) is 5.82 Å². The lowest BCUT2D eigenvalue weighted by Gasteiger charge is -2.24. The van der Waals surface area contributed by atoms with Gasteiger partial charge in [-0.25, -0.2) is 0 Å². The van der Waals surface area contributed by atoms with Crippen LogP contribution in [0.4, 0.5) is 0 Å². The number of rotatable bonds is 6. The Morgan fingerprint density at radius 1 is 1.32 bits per heavy atom. The molecule has 3 rings (SSSR count). The number of aromatic nitrogens is 2. The summed E-state index contributed by atoms with van der Waals surface area (Å²) in [6.07, 6.45) is 0.649. The van der Waals surface area contributed by atoms with Gasteiger partial charge in [-0.15, -0.1) is 0 Å². The third-order valence-corrected chi connectivity index (χ3v) is 5.18. The zero-order chi connectivity index (χ0) is 18.0. The highest BCUT2D eigenvalue weighted by Gasteiger charge is 2.28. The first kappa shape index (κ1) is 18.0. The van der Waals surface area contributed by atoms with E-state index in [-0.39, 0.29) is 0 Å². The standard InChI is InChI=1S/C19H28N4O2/c1-13-5-6-16(9-14(13)2)18(24)11-23-8-7-17(10-23)22(4)12-19-20-15(3)25-21-19/h5-6,9,17-18,24H,7-8,10-12H2,1-4H3/t17-,18-/m1/s1. The summed E-state index contributed by atoms with van der Waals surface area (Å²) in [7, 11) is 2.10. The minimum absolute atomic E-state index is 0.441. The van der Waals surface area contributed by atoms with Gasteiger partial charge in [0, 0.05) is 26.1 Å². The van der Waals surface area contributed by atoms with Crippen LogP contribution in [-0.2, 0) is 6.54 Å². The summed E-state index contributed by atoms with van der Waals surface area (Å²) >= 11 is 0. The van der Waals surface area contributed by atoms with Gasteiger partial charge in [0.05, 0.1) is 12.6 Å². The lowest BCUT2D eigenvalue weighted by Crippen LogP contribution is -2.35. The fourth-order valence-electron chi connectivity index (χ4n) is 3.42. The predicted molar refractivity (Wildman–Crippen MR) is 96.2 cm³/mol. The predicted octanol–water partition coefficient (Wildman–Crippen LogP) is 2.23. The topological polar surface area (TPSA) is 65.6 Å². The Bertz CT molecular complexity index is 715. The quantitative estimate of drug-likeness (QED) is 0.867. The average molecular weight is 344 g/mol. The molecule has 0 amide bonds. The largest absolute Gasteiger partial charge is 0.387 e. The van der Waals surface area contributed by atoms with E-state index in [0.717, 1.165) is 30.9 Å². The van der Waals surface area contributed by atoms with Crippen LogP contribution in [0.25, 0.3) is 0 Å². The Labute approximate surface area is 149 Å². The van der Waals surface area contributed by atoms with Gasteiger partial charge >= 0.3 is 0 Å². The molecule has 2 atom stereocenters. The van der Waals surface area contributed by atoms with Crippen molar-refractivity contribution in [2.75, 3.05) is 26.7 Å². The normalized spacial score (nSPS) is 19.7. The molecule has 1 aliphatic rings. The molecule has 2 aromatic rings. The van der Waals surface area contributed by atoms with Crippen molar-refractivity contribution in [3.63, 3.8) is 0 Å². The van der Waals surface area contributed by atoms with Gasteiger partial charge < -0.3 is 9.63 Å². The second-order valence-corrected chi connectivity index (χ2v) is 7.21. The molecule has 1 aliphatic heterocycles. The lowest BCUT2D eigenvalue weighted by atomic mass is 10.0. The van der Waals surface area contributed by atoms with Crippen LogP contribution in [0.5, 0.6) is 0 Å². The second kappa shape index (κ2) is 7.64. The molecule has 1 saturated heterocycles. The van der Waals surface area contributed by atoms with E-state index >= 15 is 0 Å². The van der Waals surface area contributed by atoms with E-state index in [0.29, 0.717) is 25.0 Å². The summed E-state index contributed by atoms with van der Waals surface area (Å²) in [5.41, 5.74) is 3.49. The van der Waals surface area contributed by atoms with Crippen molar-refractivity contribution in [2.24, 2.45) is 0 Å². The number of likely N-dealkylation sites (tertiary alicyclic amines) is 1. The second-order valence-electron chi connectivity index (χ2n) is 7.21. The van der Waals surface area contributed by atoms with Crippen LogP contribution in [0.3, 0.4) is 0 Å². The molecule has 1 aromatic heterocycles. The lowest BCUT2D eigenvalue weighted by molar-refractivity contribution is 0.120. The number of likely N-dealkylation sites (N-methyl/N-ethyl adjacent to an activating group) is 1. The summed E-state index contributed by atoms with van der Waals surface area (Å²) in [6, 6.07) is 6.66. The van der Waals surface area contributed by atoms with Gasteiger partial charge in [0.1, 0.15) is 0 Å². The summed E-state index contributed by atoms with van der Waals surface area (Å²) < 4.78 is 5.04. The zero-order valence-corrected chi connectivity index (χ0v) is 15.6. The molecular formula is C19H28N4O2. The highest BCUT2D eigenvalue weighted by atomic mass is 16.5. The molecule has 1 fully saturated rings. The Balaban J connectivity index is 1.52. The van der Waals surface area contributed by atoms with Crippen LogP contribution in [0.1, 0.15) is 40.9 Å². The fraction of sp³-hybridized carbons (Fsp3) is 0.579. The minimum Gasteiger partial charge on any atom is -0.387 e. The van der Waals surface area contributed by atoms with E-state index < -0.39 is 6.10 Å². The van der Waals surface area contributed by atoms with Gasteiger partial charge in [-0.2, -0.15) is 4.98 Å². The SMILES string of the molecule is Cc1nc(CN(C)[C@@H]2CCN(C[C@@H](O)c3ccc(C)c(C)c3)C2)no1. The van der Waals surface area contributed by atoms with E-state index in [1.807, 2.05) is 13.0 Å². The molecule has 136 valence electrons. The number of hydrogen-bond acceptors (Lipinski definition) is 6. The van der Waals surface area contributed by atoms with E-state index in [1.54, 1.807) is 0 Å². The number of benzene rings is 1. The third kappa shape index (κ3) is 4.45. The molecule has 1 N–H and O–H groups in total. The number of β-amino-alcohol motifs (C(OH)–C–C–N with tert-alkyl or cyclic N) is 1. The van der Waals surface area contributed by atoms with Gasteiger partial charge in [-0.3, -0.25) is 9.80 Å². The van der Waals surface area contributed by atoms with Crippen LogP contribution in [0.2, 0.25) is 0 Å². The highest BCUT2D eigenvalue weighted by molar-refractivity contribution is 5.31. The highest BCUT2D eigenvalue weighted by Crippen LogP contribution is 2.22. The summed E-state index contributed by atoms with van der Waals surface area (Å²) in [5.74, 6) is 1.33. The first-order valence-corrected chi connectivity index (χ1v) is 8.89. The minimum atomic E-state index is -0.441. The maximum absolute atomic E-state index is 10.6. The molecule has 25 heavy (non-hydrogen) atoms. The van der Waals surface area contributed by atoms with Crippen molar-refractivity contribution in [1.29, 1.82) is 0 Å².